The Hall–Kier alpha value is -0.260. The van der Waals surface area contributed by atoms with Gasteiger partial charge in [-0.3, -0.25) is 0 Å². The summed E-state index contributed by atoms with van der Waals surface area (Å²) >= 11 is 0. The van der Waals surface area contributed by atoms with Gasteiger partial charge in [0.05, 0.1) is 11.5 Å². The first-order valence-corrected chi connectivity index (χ1v) is 17.9. The van der Waals surface area contributed by atoms with Gasteiger partial charge < -0.3 is 0 Å². The molecule has 0 spiro atoms. The summed E-state index contributed by atoms with van der Waals surface area (Å²) in [6.07, 6.45) is 20.8. The third-order valence-corrected chi connectivity index (χ3v) is 11.2. The van der Waals surface area contributed by atoms with Gasteiger partial charge in [-0.05, 0) is 51.4 Å². The fraction of sp³-hybridized carbons (Fsp3) is 1.00. The van der Waals surface area contributed by atoms with E-state index in [-0.39, 0.29) is 24.2 Å². The standard InChI is InChI=1S/C26H48N2O6S2/c29-35(30,33-27(23-13-5-1-6-14-23)24-15-7-2-8-16-24)21-22-36(31,32)34-28(25-17-9-3-10-18-25)26-19-11-4-12-20-26/h23-26H,1-22H2. The van der Waals surface area contributed by atoms with Gasteiger partial charge in [0, 0.05) is 24.2 Å². The van der Waals surface area contributed by atoms with Crippen LogP contribution in [0.15, 0.2) is 0 Å². The number of hydroxylamine groups is 4. The Morgan fingerprint density at radius 2 is 0.639 bits per heavy atom. The van der Waals surface area contributed by atoms with Crippen LogP contribution in [0.5, 0.6) is 0 Å². The minimum absolute atomic E-state index is 0.0950. The lowest BCUT2D eigenvalue weighted by molar-refractivity contribution is -0.142. The molecule has 4 aliphatic carbocycles. The van der Waals surface area contributed by atoms with Crippen LogP contribution in [0.25, 0.3) is 0 Å². The van der Waals surface area contributed by atoms with E-state index in [0.717, 1.165) is 103 Å². The van der Waals surface area contributed by atoms with Gasteiger partial charge in [-0.2, -0.15) is 35.5 Å². The lowest BCUT2D eigenvalue weighted by Gasteiger charge is -2.40. The Kier molecular flexibility index (Phi) is 10.9. The summed E-state index contributed by atoms with van der Waals surface area (Å²) in [6, 6.07) is 0.380. The summed E-state index contributed by atoms with van der Waals surface area (Å²) in [5, 5.41) is 3.50. The van der Waals surface area contributed by atoms with Gasteiger partial charge in [0.1, 0.15) is 0 Å². The van der Waals surface area contributed by atoms with Crippen molar-refractivity contribution in [2.24, 2.45) is 0 Å². The highest BCUT2D eigenvalue weighted by Gasteiger charge is 2.36. The number of hydrogen-bond acceptors (Lipinski definition) is 8. The maximum absolute atomic E-state index is 13.1. The minimum atomic E-state index is -4.05. The topological polar surface area (TPSA) is 93.2 Å². The summed E-state index contributed by atoms with van der Waals surface area (Å²) in [6.45, 7) is 0. The van der Waals surface area contributed by atoms with Gasteiger partial charge in [0.2, 0.25) is 0 Å². The summed E-state index contributed by atoms with van der Waals surface area (Å²) < 4.78 is 63.7. The average Bonchev–Trinajstić information content (AvgIpc) is 2.91. The Morgan fingerprint density at radius 3 is 0.861 bits per heavy atom. The van der Waals surface area contributed by atoms with Crippen LogP contribution < -0.4 is 0 Å². The van der Waals surface area contributed by atoms with Crippen molar-refractivity contribution in [3.8, 4) is 0 Å². The summed E-state index contributed by atoms with van der Waals surface area (Å²) in [5.41, 5.74) is 0. The number of rotatable bonds is 11. The number of nitrogens with zero attached hydrogens (tertiary/aromatic N) is 2. The minimum Gasteiger partial charge on any atom is -0.198 e. The molecule has 4 aliphatic rings. The maximum atomic E-state index is 13.1. The predicted octanol–water partition coefficient (Wildman–Crippen LogP) is 5.44. The first kappa shape index (κ1) is 28.7. The molecular weight excluding hydrogens is 500 g/mol. The molecule has 0 radical (unpaired) electrons. The zero-order valence-electron chi connectivity index (χ0n) is 22.0. The van der Waals surface area contributed by atoms with E-state index >= 15 is 0 Å². The van der Waals surface area contributed by atoms with E-state index in [2.05, 4.69) is 0 Å². The molecule has 4 fully saturated rings. The van der Waals surface area contributed by atoms with Crippen LogP contribution in [-0.4, -0.2) is 62.6 Å². The molecule has 0 N–H and O–H groups in total. The highest BCUT2D eigenvalue weighted by molar-refractivity contribution is 7.90. The second kappa shape index (κ2) is 13.7. The van der Waals surface area contributed by atoms with Gasteiger partial charge in [-0.1, -0.05) is 77.0 Å². The Morgan fingerprint density at radius 1 is 0.417 bits per heavy atom. The molecule has 0 atom stereocenters. The van der Waals surface area contributed by atoms with Gasteiger partial charge in [-0.15, -0.1) is 0 Å². The Labute approximate surface area is 219 Å². The molecule has 0 amide bonds. The highest BCUT2D eigenvalue weighted by Crippen LogP contribution is 2.33. The van der Waals surface area contributed by atoms with Crippen molar-refractivity contribution < 1.29 is 25.4 Å². The van der Waals surface area contributed by atoms with Crippen molar-refractivity contribution in [2.75, 3.05) is 11.5 Å². The van der Waals surface area contributed by atoms with E-state index in [1.165, 1.54) is 25.7 Å². The van der Waals surface area contributed by atoms with E-state index in [1.807, 2.05) is 0 Å². The molecule has 4 rings (SSSR count). The molecule has 0 aromatic carbocycles. The van der Waals surface area contributed by atoms with Gasteiger partial charge >= 0.3 is 0 Å². The fourth-order valence-corrected chi connectivity index (χ4v) is 9.52. The highest BCUT2D eigenvalue weighted by atomic mass is 32.2. The molecule has 36 heavy (non-hydrogen) atoms. The van der Waals surface area contributed by atoms with E-state index in [0.29, 0.717) is 0 Å². The monoisotopic (exact) mass is 548 g/mol. The van der Waals surface area contributed by atoms with Gasteiger partial charge in [-0.25, -0.2) is 0 Å². The smallest absolute Gasteiger partial charge is 0.198 e. The van der Waals surface area contributed by atoms with Crippen molar-refractivity contribution in [1.82, 2.24) is 10.1 Å². The van der Waals surface area contributed by atoms with Crippen molar-refractivity contribution >= 4 is 20.2 Å². The first-order chi connectivity index (χ1) is 17.3. The van der Waals surface area contributed by atoms with E-state index in [4.69, 9.17) is 8.57 Å². The third-order valence-electron chi connectivity index (χ3n) is 8.72. The quantitative estimate of drug-likeness (QED) is 0.315. The molecule has 0 aliphatic heterocycles. The first-order valence-electron chi connectivity index (χ1n) is 14.7. The zero-order chi connectivity index (χ0) is 25.4. The molecule has 0 unspecified atom stereocenters. The summed E-state index contributed by atoms with van der Waals surface area (Å²) in [5.74, 6) is -1.15. The molecule has 0 heterocycles. The molecule has 8 nitrogen and oxygen atoms in total. The van der Waals surface area contributed by atoms with Crippen molar-refractivity contribution in [3.05, 3.63) is 0 Å². The lowest BCUT2D eigenvalue weighted by Crippen LogP contribution is -2.47. The average molecular weight is 549 g/mol. The van der Waals surface area contributed by atoms with Crippen molar-refractivity contribution in [1.29, 1.82) is 0 Å². The maximum Gasteiger partial charge on any atom is 0.284 e. The third kappa shape index (κ3) is 8.63. The molecule has 0 bridgehead atoms. The molecule has 0 aromatic rings. The van der Waals surface area contributed by atoms with Crippen LogP contribution in [0.2, 0.25) is 0 Å². The van der Waals surface area contributed by atoms with E-state index in [9.17, 15) is 16.8 Å². The molecule has 0 saturated heterocycles. The van der Waals surface area contributed by atoms with Crippen molar-refractivity contribution in [3.63, 3.8) is 0 Å². The summed E-state index contributed by atoms with van der Waals surface area (Å²) in [7, 11) is -8.10. The SMILES string of the molecule is O=S(=O)(CCS(=O)(=O)ON(C1CCCCC1)C1CCCCC1)ON(C1CCCCC1)C1CCCCC1. The predicted molar refractivity (Wildman–Crippen MR) is 141 cm³/mol. The van der Waals surface area contributed by atoms with Crippen LogP contribution >= 0.6 is 0 Å². The fourth-order valence-electron chi connectivity index (χ4n) is 6.72. The molecule has 4 saturated carbocycles. The van der Waals surface area contributed by atoms with E-state index < -0.39 is 31.7 Å². The zero-order valence-corrected chi connectivity index (χ0v) is 23.7. The van der Waals surface area contributed by atoms with Gasteiger partial charge in [0.25, 0.3) is 20.2 Å². The normalized spacial score (nSPS) is 25.1. The molecular formula is C26H48N2O6S2. The Balaban J connectivity index is 1.38. The largest absolute Gasteiger partial charge is 0.284 e. The van der Waals surface area contributed by atoms with Crippen LogP contribution in [-0.2, 0) is 28.8 Å². The second-order valence-corrected chi connectivity index (χ2v) is 14.9. The molecule has 0 aromatic heterocycles. The Bertz CT molecular complexity index is 749. The van der Waals surface area contributed by atoms with Crippen LogP contribution in [0.1, 0.15) is 128 Å². The lowest BCUT2D eigenvalue weighted by atomic mass is 9.90. The molecule has 210 valence electrons. The number of hydrogen-bond donors (Lipinski definition) is 0. The molecule has 10 heteroatoms. The second-order valence-electron chi connectivity index (χ2n) is 11.6. The van der Waals surface area contributed by atoms with Crippen LogP contribution in [0.4, 0.5) is 0 Å². The van der Waals surface area contributed by atoms with Gasteiger partial charge in [0.15, 0.2) is 0 Å². The van der Waals surface area contributed by atoms with E-state index in [1.54, 1.807) is 10.1 Å². The summed E-state index contributed by atoms with van der Waals surface area (Å²) in [4.78, 5) is 0. The van der Waals surface area contributed by atoms with Crippen molar-refractivity contribution in [2.45, 2.75) is 153 Å². The van der Waals surface area contributed by atoms with Crippen LogP contribution in [0, 0.1) is 0 Å². The van der Waals surface area contributed by atoms with Crippen LogP contribution in [0.3, 0.4) is 0 Å².